The first kappa shape index (κ1) is 11.5. The number of phenols is 1. The van der Waals surface area contributed by atoms with E-state index in [9.17, 15) is 9.90 Å². The SMILES string of the molecule is O=Cc1ccc2ccn(Cc3cccc(O)c3)c2c1. The molecule has 19 heavy (non-hydrogen) atoms. The average molecular weight is 251 g/mol. The normalized spacial score (nSPS) is 10.7. The molecule has 1 heterocycles. The molecule has 0 aliphatic heterocycles. The molecule has 0 amide bonds. The molecule has 3 rings (SSSR count). The number of rotatable bonds is 3. The molecule has 0 unspecified atom stereocenters. The molecule has 0 bridgehead atoms. The third kappa shape index (κ3) is 2.22. The first-order valence-electron chi connectivity index (χ1n) is 6.08. The molecule has 94 valence electrons. The highest BCUT2D eigenvalue weighted by molar-refractivity contribution is 5.87. The lowest BCUT2D eigenvalue weighted by molar-refractivity contribution is 0.112. The summed E-state index contributed by atoms with van der Waals surface area (Å²) >= 11 is 0. The van der Waals surface area contributed by atoms with Crippen molar-refractivity contribution in [2.24, 2.45) is 0 Å². The second kappa shape index (κ2) is 4.61. The predicted octanol–water partition coefficient (Wildman–Crippen LogP) is 3.21. The van der Waals surface area contributed by atoms with Crippen LogP contribution in [0.3, 0.4) is 0 Å². The van der Waals surface area contributed by atoms with E-state index in [1.807, 2.05) is 42.6 Å². The Kier molecular flexibility index (Phi) is 2.80. The van der Waals surface area contributed by atoms with Crippen molar-refractivity contribution in [3.63, 3.8) is 0 Å². The van der Waals surface area contributed by atoms with E-state index in [1.54, 1.807) is 12.1 Å². The number of carbonyl (C=O) groups excluding carboxylic acids is 1. The van der Waals surface area contributed by atoms with Crippen molar-refractivity contribution < 1.29 is 9.90 Å². The highest BCUT2D eigenvalue weighted by atomic mass is 16.3. The molecular weight excluding hydrogens is 238 g/mol. The molecule has 1 aromatic heterocycles. The number of carbonyl (C=O) groups is 1. The molecule has 3 aromatic rings. The summed E-state index contributed by atoms with van der Waals surface area (Å²) in [5.41, 5.74) is 2.71. The van der Waals surface area contributed by atoms with E-state index in [2.05, 4.69) is 4.57 Å². The summed E-state index contributed by atoms with van der Waals surface area (Å²) in [4.78, 5) is 10.8. The minimum Gasteiger partial charge on any atom is -0.508 e. The lowest BCUT2D eigenvalue weighted by Gasteiger charge is -2.06. The van der Waals surface area contributed by atoms with Crippen LogP contribution in [-0.2, 0) is 6.54 Å². The van der Waals surface area contributed by atoms with E-state index in [4.69, 9.17) is 0 Å². The van der Waals surface area contributed by atoms with Gasteiger partial charge in [0.15, 0.2) is 0 Å². The summed E-state index contributed by atoms with van der Waals surface area (Å²) < 4.78 is 2.07. The molecule has 0 radical (unpaired) electrons. The Labute approximate surface area is 110 Å². The van der Waals surface area contributed by atoms with Gasteiger partial charge in [-0.05, 0) is 35.2 Å². The van der Waals surface area contributed by atoms with Crippen LogP contribution in [0.4, 0.5) is 0 Å². The van der Waals surface area contributed by atoms with Crippen molar-refractivity contribution >= 4 is 17.2 Å². The van der Waals surface area contributed by atoms with E-state index in [0.29, 0.717) is 12.1 Å². The Morgan fingerprint density at radius 2 is 2.00 bits per heavy atom. The van der Waals surface area contributed by atoms with Gasteiger partial charge >= 0.3 is 0 Å². The molecule has 0 aliphatic rings. The van der Waals surface area contributed by atoms with E-state index in [-0.39, 0.29) is 5.75 Å². The molecule has 0 aliphatic carbocycles. The summed E-state index contributed by atoms with van der Waals surface area (Å²) in [6.07, 6.45) is 2.84. The molecule has 3 nitrogen and oxygen atoms in total. The van der Waals surface area contributed by atoms with Crippen LogP contribution in [-0.4, -0.2) is 16.0 Å². The minimum atomic E-state index is 0.266. The van der Waals surface area contributed by atoms with Crippen LogP contribution in [0.2, 0.25) is 0 Å². The number of benzene rings is 2. The van der Waals surface area contributed by atoms with Crippen LogP contribution in [0.1, 0.15) is 15.9 Å². The van der Waals surface area contributed by atoms with Crippen LogP contribution in [0.15, 0.2) is 54.7 Å². The van der Waals surface area contributed by atoms with Crippen LogP contribution in [0, 0.1) is 0 Å². The van der Waals surface area contributed by atoms with Crippen LogP contribution in [0.25, 0.3) is 10.9 Å². The van der Waals surface area contributed by atoms with E-state index in [0.717, 1.165) is 22.8 Å². The van der Waals surface area contributed by atoms with Gasteiger partial charge < -0.3 is 9.67 Å². The Hall–Kier alpha value is -2.55. The highest BCUT2D eigenvalue weighted by Gasteiger charge is 2.03. The Bertz CT molecular complexity index is 743. The van der Waals surface area contributed by atoms with Gasteiger partial charge in [0.2, 0.25) is 0 Å². The second-order valence-electron chi connectivity index (χ2n) is 4.55. The number of hydrogen-bond acceptors (Lipinski definition) is 2. The van der Waals surface area contributed by atoms with Gasteiger partial charge in [-0.25, -0.2) is 0 Å². The first-order valence-corrected chi connectivity index (χ1v) is 6.08. The zero-order valence-corrected chi connectivity index (χ0v) is 10.3. The summed E-state index contributed by atoms with van der Waals surface area (Å²) in [7, 11) is 0. The van der Waals surface area contributed by atoms with Crippen molar-refractivity contribution in [1.82, 2.24) is 4.57 Å². The smallest absolute Gasteiger partial charge is 0.150 e. The van der Waals surface area contributed by atoms with Gasteiger partial charge in [-0.3, -0.25) is 4.79 Å². The zero-order valence-electron chi connectivity index (χ0n) is 10.3. The van der Waals surface area contributed by atoms with Crippen LogP contribution >= 0.6 is 0 Å². The van der Waals surface area contributed by atoms with Gasteiger partial charge in [0.05, 0.1) is 0 Å². The third-order valence-electron chi connectivity index (χ3n) is 3.20. The summed E-state index contributed by atoms with van der Waals surface area (Å²) in [5, 5.41) is 10.6. The maximum absolute atomic E-state index is 10.8. The fourth-order valence-corrected chi connectivity index (χ4v) is 2.26. The predicted molar refractivity (Wildman–Crippen MR) is 74.5 cm³/mol. The molecule has 2 aromatic carbocycles. The first-order chi connectivity index (χ1) is 9.26. The zero-order chi connectivity index (χ0) is 13.2. The number of nitrogens with zero attached hydrogens (tertiary/aromatic N) is 1. The van der Waals surface area contributed by atoms with E-state index >= 15 is 0 Å². The molecule has 3 heteroatoms. The van der Waals surface area contributed by atoms with Gasteiger partial charge in [-0.15, -0.1) is 0 Å². The number of fused-ring (bicyclic) bond motifs is 1. The number of hydrogen-bond donors (Lipinski definition) is 1. The monoisotopic (exact) mass is 251 g/mol. The van der Waals surface area contributed by atoms with Gasteiger partial charge in [0.25, 0.3) is 0 Å². The molecule has 0 spiro atoms. The van der Waals surface area contributed by atoms with E-state index < -0.39 is 0 Å². The number of aldehydes is 1. The lowest BCUT2D eigenvalue weighted by atomic mass is 10.2. The van der Waals surface area contributed by atoms with Gasteiger partial charge in [0, 0.05) is 23.8 Å². The Morgan fingerprint density at radius 3 is 2.79 bits per heavy atom. The minimum absolute atomic E-state index is 0.266. The largest absolute Gasteiger partial charge is 0.508 e. The second-order valence-corrected chi connectivity index (χ2v) is 4.55. The third-order valence-corrected chi connectivity index (χ3v) is 3.20. The van der Waals surface area contributed by atoms with Crippen molar-refractivity contribution in [1.29, 1.82) is 0 Å². The van der Waals surface area contributed by atoms with Crippen LogP contribution < -0.4 is 0 Å². The standard InChI is InChI=1S/C16H13NO2/c18-11-13-4-5-14-6-7-17(16(14)9-13)10-12-2-1-3-15(19)8-12/h1-9,11,19H,10H2. The van der Waals surface area contributed by atoms with Gasteiger partial charge in [0.1, 0.15) is 12.0 Å². The van der Waals surface area contributed by atoms with Crippen LogP contribution in [0.5, 0.6) is 5.75 Å². The molecule has 0 saturated carbocycles. The van der Waals surface area contributed by atoms with E-state index in [1.165, 1.54) is 0 Å². The molecule has 0 fully saturated rings. The fraction of sp³-hybridized carbons (Fsp3) is 0.0625. The number of aromatic hydroxyl groups is 1. The van der Waals surface area contributed by atoms with Crippen molar-refractivity contribution in [3.8, 4) is 5.75 Å². The van der Waals surface area contributed by atoms with Crippen molar-refractivity contribution in [3.05, 3.63) is 65.9 Å². The maximum atomic E-state index is 10.8. The Balaban J connectivity index is 2.03. The van der Waals surface area contributed by atoms with Crippen molar-refractivity contribution in [2.45, 2.75) is 6.54 Å². The average Bonchev–Trinajstić information content (AvgIpc) is 2.81. The molecular formula is C16H13NO2. The maximum Gasteiger partial charge on any atom is 0.150 e. The summed E-state index contributed by atoms with van der Waals surface area (Å²) in [6, 6.07) is 14.9. The van der Waals surface area contributed by atoms with Crippen molar-refractivity contribution in [2.75, 3.05) is 0 Å². The highest BCUT2D eigenvalue weighted by Crippen LogP contribution is 2.19. The molecule has 0 atom stereocenters. The quantitative estimate of drug-likeness (QED) is 0.726. The Morgan fingerprint density at radius 1 is 1.11 bits per heavy atom. The topological polar surface area (TPSA) is 42.2 Å². The van der Waals surface area contributed by atoms with Gasteiger partial charge in [-0.1, -0.05) is 24.3 Å². The fourth-order valence-electron chi connectivity index (χ4n) is 2.26. The lowest BCUT2D eigenvalue weighted by Crippen LogP contribution is -1.97. The summed E-state index contributed by atoms with van der Waals surface area (Å²) in [6.45, 7) is 0.667. The number of phenolic OH excluding ortho intramolecular Hbond substituents is 1. The number of aromatic nitrogens is 1. The molecule has 0 saturated heterocycles. The molecule has 1 N–H and O–H groups in total. The van der Waals surface area contributed by atoms with Gasteiger partial charge in [-0.2, -0.15) is 0 Å². The summed E-state index contributed by atoms with van der Waals surface area (Å²) in [5.74, 6) is 0.266.